The van der Waals surface area contributed by atoms with Gasteiger partial charge < -0.3 is 5.32 Å². The van der Waals surface area contributed by atoms with Gasteiger partial charge in [-0.25, -0.2) is 0 Å². The molecule has 0 bridgehead atoms. The molecule has 1 amide bonds. The summed E-state index contributed by atoms with van der Waals surface area (Å²) in [5.41, 5.74) is 0.978. The van der Waals surface area contributed by atoms with E-state index in [0.717, 1.165) is 18.4 Å². The highest BCUT2D eigenvalue weighted by molar-refractivity contribution is 6.35. The van der Waals surface area contributed by atoms with E-state index in [0.29, 0.717) is 28.9 Å². The summed E-state index contributed by atoms with van der Waals surface area (Å²) in [6.45, 7) is 7.17. The molecule has 1 aromatic rings. The molecule has 1 aliphatic carbocycles. The molecule has 2 rings (SSSR count). The molecule has 0 radical (unpaired) electrons. The second-order valence-corrected chi connectivity index (χ2v) is 7.89. The van der Waals surface area contributed by atoms with Crippen molar-refractivity contribution in [1.29, 1.82) is 0 Å². The summed E-state index contributed by atoms with van der Waals surface area (Å²) in [6.07, 6.45) is 4.13. The Labute approximate surface area is 143 Å². The van der Waals surface area contributed by atoms with Crippen LogP contribution in [0.1, 0.15) is 45.6 Å². The molecule has 0 saturated heterocycles. The predicted octanol–water partition coefficient (Wildman–Crippen LogP) is 5.11. The van der Waals surface area contributed by atoms with Gasteiger partial charge >= 0.3 is 0 Å². The van der Waals surface area contributed by atoms with Crippen LogP contribution >= 0.6 is 23.2 Å². The van der Waals surface area contributed by atoms with E-state index in [-0.39, 0.29) is 17.2 Å². The van der Waals surface area contributed by atoms with Crippen LogP contribution in [-0.4, -0.2) is 12.5 Å². The van der Waals surface area contributed by atoms with E-state index in [2.05, 4.69) is 26.1 Å². The van der Waals surface area contributed by atoms with E-state index in [1.807, 2.05) is 18.2 Å². The number of nitrogens with one attached hydrogen (secondary N) is 1. The maximum atomic E-state index is 12.6. The number of amides is 1. The molecular formula is C18H25Cl2NO. The SMILES string of the molecule is CC1CCCC(C)(C)C1C(=O)NCCc1c(Cl)cccc1Cl. The average molecular weight is 342 g/mol. The first-order valence-corrected chi connectivity index (χ1v) is 8.79. The normalized spacial score (nSPS) is 24.0. The van der Waals surface area contributed by atoms with Gasteiger partial charge in [0.05, 0.1) is 0 Å². The largest absolute Gasteiger partial charge is 0.356 e. The van der Waals surface area contributed by atoms with Crippen LogP contribution in [0.25, 0.3) is 0 Å². The van der Waals surface area contributed by atoms with E-state index >= 15 is 0 Å². The second kappa shape index (κ2) is 7.23. The Bertz CT molecular complexity index is 522. The standard InChI is InChI=1S/C18H25Cl2NO/c1-12-6-5-10-18(2,3)16(12)17(22)21-11-9-13-14(19)7-4-8-15(13)20/h4,7-8,12,16H,5-6,9-11H2,1-3H3,(H,21,22). The molecule has 0 aromatic heterocycles. The topological polar surface area (TPSA) is 29.1 Å². The quantitative estimate of drug-likeness (QED) is 0.809. The summed E-state index contributed by atoms with van der Waals surface area (Å²) < 4.78 is 0. The smallest absolute Gasteiger partial charge is 0.223 e. The number of rotatable bonds is 4. The van der Waals surface area contributed by atoms with Crippen molar-refractivity contribution in [2.45, 2.75) is 46.5 Å². The summed E-state index contributed by atoms with van der Waals surface area (Å²) in [4.78, 5) is 12.6. The zero-order valence-corrected chi connectivity index (χ0v) is 15.1. The highest BCUT2D eigenvalue weighted by atomic mass is 35.5. The van der Waals surface area contributed by atoms with Gasteiger partial charge in [0.2, 0.25) is 5.91 Å². The van der Waals surface area contributed by atoms with Gasteiger partial charge in [-0.05, 0) is 48.3 Å². The van der Waals surface area contributed by atoms with Crippen molar-refractivity contribution in [1.82, 2.24) is 5.32 Å². The third-order valence-corrected chi connectivity index (χ3v) is 5.62. The fourth-order valence-corrected chi connectivity index (χ4v) is 4.36. The van der Waals surface area contributed by atoms with Crippen molar-refractivity contribution in [2.75, 3.05) is 6.54 Å². The molecule has 2 atom stereocenters. The highest BCUT2D eigenvalue weighted by Crippen LogP contribution is 2.43. The minimum Gasteiger partial charge on any atom is -0.356 e. The number of benzene rings is 1. The van der Waals surface area contributed by atoms with Crippen LogP contribution in [0, 0.1) is 17.3 Å². The minimum absolute atomic E-state index is 0.0732. The molecule has 1 fully saturated rings. The number of hydrogen-bond acceptors (Lipinski definition) is 1. The van der Waals surface area contributed by atoms with Crippen LogP contribution in [0.15, 0.2) is 18.2 Å². The van der Waals surface area contributed by atoms with Crippen molar-refractivity contribution < 1.29 is 4.79 Å². The predicted molar refractivity (Wildman–Crippen MR) is 93.5 cm³/mol. The van der Waals surface area contributed by atoms with E-state index in [9.17, 15) is 4.79 Å². The Kier molecular flexibility index (Phi) is 5.79. The van der Waals surface area contributed by atoms with Crippen LogP contribution in [0.2, 0.25) is 10.0 Å². The lowest BCUT2D eigenvalue weighted by Crippen LogP contribution is -2.45. The van der Waals surface area contributed by atoms with Crippen molar-refractivity contribution in [2.24, 2.45) is 17.3 Å². The lowest BCUT2D eigenvalue weighted by Gasteiger charge is -2.41. The lowest BCUT2D eigenvalue weighted by atomic mass is 9.64. The van der Waals surface area contributed by atoms with Gasteiger partial charge in [-0.2, -0.15) is 0 Å². The Balaban J connectivity index is 1.95. The zero-order chi connectivity index (χ0) is 16.3. The molecular weight excluding hydrogens is 317 g/mol. The van der Waals surface area contributed by atoms with Crippen molar-refractivity contribution in [3.05, 3.63) is 33.8 Å². The first kappa shape index (κ1) is 17.6. The molecule has 0 heterocycles. The molecule has 122 valence electrons. The summed E-state index contributed by atoms with van der Waals surface area (Å²) >= 11 is 12.3. The number of carbonyl (C=O) groups is 1. The molecule has 1 saturated carbocycles. The van der Waals surface area contributed by atoms with Gasteiger partial charge in [0.15, 0.2) is 0 Å². The summed E-state index contributed by atoms with van der Waals surface area (Å²) in [5, 5.41) is 4.41. The summed E-state index contributed by atoms with van der Waals surface area (Å²) in [7, 11) is 0. The van der Waals surface area contributed by atoms with Crippen molar-refractivity contribution in [3.8, 4) is 0 Å². The first-order valence-electron chi connectivity index (χ1n) is 8.03. The van der Waals surface area contributed by atoms with Gasteiger partial charge in [0, 0.05) is 22.5 Å². The fourth-order valence-electron chi connectivity index (χ4n) is 3.78. The molecule has 1 aromatic carbocycles. The van der Waals surface area contributed by atoms with Crippen LogP contribution in [0.3, 0.4) is 0 Å². The summed E-state index contributed by atoms with van der Waals surface area (Å²) in [6, 6.07) is 5.49. The number of hydrogen-bond donors (Lipinski definition) is 1. The molecule has 2 unspecified atom stereocenters. The second-order valence-electron chi connectivity index (χ2n) is 7.08. The Hall–Kier alpha value is -0.730. The Morgan fingerprint density at radius 3 is 2.55 bits per heavy atom. The van der Waals surface area contributed by atoms with Crippen LogP contribution in [0.5, 0.6) is 0 Å². The highest BCUT2D eigenvalue weighted by Gasteiger charge is 2.41. The molecule has 22 heavy (non-hydrogen) atoms. The van der Waals surface area contributed by atoms with E-state index in [1.165, 1.54) is 6.42 Å². The van der Waals surface area contributed by atoms with Crippen molar-refractivity contribution in [3.63, 3.8) is 0 Å². The monoisotopic (exact) mass is 341 g/mol. The molecule has 0 spiro atoms. The van der Waals surface area contributed by atoms with E-state index < -0.39 is 0 Å². The molecule has 1 aliphatic rings. The van der Waals surface area contributed by atoms with E-state index in [4.69, 9.17) is 23.2 Å². The van der Waals surface area contributed by atoms with Gasteiger partial charge in [-0.15, -0.1) is 0 Å². The van der Waals surface area contributed by atoms with Crippen LogP contribution in [-0.2, 0) is 11.2 Å². The van der Waals surface area contributed by atoms with Gasteiger partial charge in [-0.3, -0.25) is 4.79 Å². The van der Waals surface area contributed by atoms with Gasteiger partial charge in [-0.1, -0.05) is 56.5 Å². The Morgan fingerprint density at radius 1 is 1.32 bits per heavy atom. The van der Waals surface area contributed by atoms with Crippen LogP contribution in [0.4, 0.5) is 0 Å². The number of halogens is 2. The zero-order valence-electron chi connectivity index (χ0n) is 13.6. The maximum absolute atomic E-state index is 12.6. The molecule has 0 aliphatic heterocycles. The van der Waals surface area contributed by atoms with Gasteiger partial charge in [0.25, 0.3) is 0 Å². The first-order chi connectivity index (χ1) is 10.3. The fraction of sp³-hybridized carbons (Fsp3) is 0.611. The third-order valence-electron chi connectivity index (χ3n) is 4.91. The minimum atomic E-state index is 0.0732. The molecule has 1 N–H and O–H groups in total. The van der Waals surface area contributed by atoms with E-state index in [1.54, 1.807) is 0 Å². The number of carbonyl (C=O) groups excluding carboxylic acids is 1. The van der Waals surface area contributed by atoms with Crippen LogP contribution < -0.4 is 5.32 Å². The Morgan fingerprint density at radius 2 is 1.95 bits per heavy atom. The maximum Gasteiger partial charge on any atom is 0.223 e. The average Bonchev–Trinajstić information content (AvgIpc) is 2.41. The van der Waals surface area contributed by atoms with Crippen molar-refractivity contribution >= 4 is 29.1 Å². The third kappa shape index (κ3) is 3.97. The molecule has 4 heteroatoms. The summed E-state index contributed by atoms with van der Waals surface area (Å²) in [5.74, 6) is 0.691. The molecule has 2 nitrogen and oxygen atoms in total. The lowest BCUT2D eigenvalue weighted by molar-refractivity contribution is -0.132. The van der Waals surface area contributed by atoms with Gasteiger partial charge in [0.1, 0.15) is 0 Å².